The number of aliphatic hydroxyl groups is 1. The van der Waals surface area contributed by atoms with Crippen LogP contribution in [0.1, 0.15) is 46.0 Å². The number of carbonyl (C=O) groups is 1. The third-order valence-corrected chi connectivity index (χ3v) is 6.23. The number of Topliss-reactive ketones (excluding diaryl/α,β-unsaturated/α-hetero) is 1. The first-order valence-electron chi connectivity index (χ1n) is 7.54. The molecule has 0 bridgehead atoms. The maximum atomic E-state index is 12.6. The van der Waals surface area contributed by atoms with E-state index >= 15 is 0 Å². The van der Waals surface area contributed by atoms with E-state index in [1.807, 2.05) is 11.4 Å². The van der Waals surface area contributed by atoms with Gasteiger partial charge in [0.15, 0.2) is 5.78 Å². The molecule has 4 rings (SSSR count). The second kappa shape index (κ2) is 5.49. The zero-order valence-corrected chi connectivity index (χ0v) is 14.6. The molecule has 1 unspecified atom stereocenters. The molecule has 0 radical (unpaired) electrons. The minimum absolute atomic E-state index is 0.00605. The quantitative estimate of drug-likeness (QED) is 0.761. The number of anilines is 1. The van der Waals surface area contributed by atoms with Crippen LogP contribution in [0.4, 0.5) is 5.69 Å². The number of ketones is 1. The standard InChI is InChI=1S/C17H15Cl2NO2S/c18-11-3-4-12(19)16-15(11)17(22,8-20-16)6-13(21)10-5-14(23-7-10)9-1-2-9/h3-5,7,9,20,22H,1-2,6,8H2. The van der Waals surface area contributed by atoms with Crippen molar-refractivity contribution in [3.63, 3.8) is 0 Å². The number of hydrogen-bond acceptors (Lipinski definition) is 4. The number of rotatable bonds is 4. The summed E-state index contributed by atoms with van der Waals surface area (Å²) < 4.78 is 0. The fourth-order valence-electron chi connectivity index (χ4n) is 3.10. The maximum absolute atomic E-state index is 12.6. The Balaban J connectivity index is 1.61. The van der Waals surface area contributed by atoms with E-state index in [0.717, 1.165) is 0 Å². The van der Waals surface area contributed by atoms with Gasteiger partial charge in [0.2, 0.25) is 0 Å². The predicted octanol–water partition coefficient (Wildman–Crippen LogP) is 4.82. The van der Waals surface area contributed by atoms with Crippen molar-refractivity contribution in [3.05, 3.63) is 49.6 Å². The van der Waals surface area contributed by atoms with Crippen LogP contribution < -0.4 is 5.32 Å². The number of carbonyl (C=O) groups excluding carboxylic acids is 1. The van der Waals surface area contributed by atoms with E-state index in [0.29, 0.717) is 32.8 Å². The zero-order valence-electron chi connectivity index (χ0n) is 12.2. The maximum Gasteiger partial charge on any atom is 0.167 e. The monoisotopic (exact) mass is 367 g/mol. The summed E-state index contributed by atoms with van der Waals surface area (Å²) in [5.74, 6) is 0.563. The Kier molecular flexibility index (Phi) is 3.69. The van der Waals surface area contributed by atoms with Gasteiger partial charge in [-0.05, 0) is 37.0 Å². The van der Waals surface area contributed by atoms with Crippen molar-refractivity contribution < 1.29 is 9.90 Å². The molecular formula is C17H15Cl2NO2S. The third-order valence-electron chi connectivity index (χ3n) is 4.50. The number of thiophene rings is 1. The first-order valence-corrected chi connectivity index (χ1v) is 9.18. The second-order valence-electron chi connectivity index (χ2n) is 6.28. The van der Waals surface area contributed by atoms with Gasteiger partial charge in [0.25, 0.3) is 0 Å². The Hall–Kier alpha value is -1.07. The average Bonchev–Trinajstić information content (AvgIpc) is 3.13. The highest BCUT2D eigenvalue weighted by atomic mass is 35.5. The van der Waals surface area contributed by atoms with Gasteiger partial charge in [0.05, 0.1) is 10.7 Å². The van der Waals surface area contributed by atoms with Gasteiger partial charge in [0, 0.05) is 39.4 Å². The molecule has 1 aromatic carbocycles. The molecule has 1 aliphatic heterocycles. The lowest BCUT2D eigenvalue weighted by atomic mass is 9.89. The van der Waals surface area contributed by atoms with Crippen LogP contribution in [-0.2, 0) is 5.60 Å². The van der Waals surface area contributed by atoms with E-state index in [2.05, 4.69) is 5.32 Å². The minimum Gasteiger partial charge on any atom is -0.383 e. The van der Waals surface area contributed by atoms with Crippen molar-refractivity contribution in [1.29, 1.82) is 0 Å². The summed E-state index contributed by atoms with van der Waals surface area (Å²) in [6, 6.07) is 5.31. The Bertz CT molecular complexity index is 800. The highest BCUT2D eigenvalue weighted by Crippen LogP contribution is 2.46. The summed E-state index contributed by atoms with van der Waals surface area (Å²) in [5, 5.41) is 16.9. The molecule has 1 aromatic heterocycles. The van der Waals surface area contributed by atoms with Gasteiger partial charge >= 0.3 is 0 Å². The van der Waals surface area contributed by atoms with Crippen LogP contribution in [0.15, 0.2) is 23.6 Å². The van der Waals surface area contributed by atoms with Crippen molar-refractivity contribution in [2.24, 2.45) is 0 Å². The Morgan fingerprint density at radius 1 is 1.35 bits per heavy atom. The third kappa shape index (κ3) is 2.68. The number of halogens is 2. The molecule has 1 saturated carbocycles. The smallest absolute Gasteiger partial charge is 0.167 e. The minimum atomic E-state index is -1.32. The van der Waals surface area contributed by atoms with Crippen LogP contribution in [0.25, 0.3) is 0 Å². The number of fused-ring (bicyclic) bond motifs is 1. The topological polar surface area (TPSA) is 49.3 Å². The molecular weight excluding hydrogens is 353 g/mol. The van der Waals surface area contributed by atoms with Crippen LogP contribution in [-0.4, -0.2) is 17.4 Å². The van der Waals surface area contributed by atoms with Crippen LogP contribution >= 0.6 is 34.5 Å². The summed E-state index contributed by atoms with van der Waals surface area (Å²) in [6.07, 6.45) is 2.42. The molecule has 120 valence electrons. The van der Waals surface area contributed by atoms with Crippen LogP contribution in [0.3, 0.4) is 0 Å². The van der Waals surface area contributed by atoms with E-state index in [9.17, 15) is 9.90 Å². The molecule has 0 amide bonds. The van der Waals surface area contributed by atoms with Gasteiger partial charge in [-0.25, -0.2) is 0 Å². The summed E-state index contributed by atoms with van der Waals surface area (Å²) in [6.45, 7) is 0.233. The highest BCUT2D eigenvalue weighted by molar-refractivity contribution is 7.10. The molecule has 6 heteroatoms. The van der Waals surface area contributed by atoms with Crippen molar-refractivity contribution >= 4 is 46.0 Å². The van der Waals surface area contributed by atoms with E-state index in [1.165, 1.54) is 17.7 Å². The van der Waals surface area contributed by atoms with Gasteiger partial charge in [-0.15, -0.1) is 11.3 Å². The van der Waals surface area contributed by atoms with Crippen molar-refractivity contribution in [2.75, 3.05) is 11.9 Å². The normalized spacial score (nSPS) is 22.7. The van der Waals surface area contributed by atoms with Gasteiger partial charge in [-0.3, -0.25) is 4.79 Å². The molecule has 1 atom stereocenters. The molecule has 2 aliphatic rings. The SMILES string of the molecule is O=C(CC1(O)CNc2c(Cl)ccc(Cl)c21)c1csc(C2CC2)c1. The number of nitrogens with one attached hydrogen (secondary N) is 1. The second-order valence-corrected chi connectivity index (χ2v) is 8.03. The summed E-state index contributed by atoms with van der Waals surface area (Å²) in [7, 11) is 0. The number of hydrogen-bond donors (Lipinski definition) is 2. The molecule has 0 saturated heterocycles. The Morgan fingerprint density at radius 3 is 2.83 bits per heavy atom. The molecule has 2 N–H and O–H groups in total. The van der Waals surface area contributed by atoms with Gasteiger partial charge in [0.1, 0.15) is 5.60 Å². The van der Waals surface area contributed by atoms with Crippen molar-refractivity contribution in [2.45, 2.75) is 30.8 Å². The van der Waals surface area contributed by atoms with E-state index in [-0.39, 0.29) is 18.7 Å². The number of β-amino-alcohol motifs (C(OH)–C–C–N with tert-alkyl or cyclic N) is 1. The van der Waals surface area contributed by atoms with Crippen molar-refractivity contribution in [3.8, 4) is 0 Å². The first kappa shape index (κ1) is 15.5. The average molecular weight is 368 g/mol. The van der Waals surface area contributed by atoms with Gasteiger partial charge in [-0.1, -0.05) is 23.2 Å². The molecule has 23 heavy (non-hydrogen) atoms. The molecule has 2 heterocycles. The lowest BCUT2D eigenvalue weighted by Gasteiger charge is -2.22. The van der Waals surface area contributed by atoms with Crippen LogP contribution in [0.5, 0.6) is 0 Å². The van der Waals surface area contributed by atoms with Crippen molar-refractivity contribution in [1.82, 2.24) is 0 Å². The van der Waals surface area contributed by atoms with E-state index < -0.39 is 5.60 Å². The molecule has 1 fully saturated rings. The van der Waals surface area contributed by atoms with E-state index in [1.54, 1.807) is 23.5 Å². The van der Waals surface area contributed by atoms with Crippen LogP contribution in [0.2, 0.25) is 10.0 Å². The predicted molar refractivity (Wildman–Crippen MR) is 94.1 cm³/mol. The first-order chi connectivity index (χ1) is 11.0. The fraction of sp³-hybridized carbons (Fsp3) is 0.353. The largest absolute Gasteiger partial charge is 0.383 e. The highest BCUT2D eigenvalue weighted by Gasteiger charge is 2.42. The molecule has 0 spiro atoms. The molecule has 3 nitrogen and oxygen atoms in total. The number of benzene rings is 1. The summed E-state index contributed by atoms with van der Waals surface area (Å²) in [4.78, 5) is 13.9. The summed E-state index contributed by atoms with van der Waals surface area (Å²) >= 11 is 14.0. The van der Waals surface area contributed by atoms with Gasteiger partial charge < -0.3 is 10.4 Å². The fourth-order valence-corrected chi connectivity index (χ4v) is 4.75. The zero-order chi connectivity index (χ0) is 16.2. The van der Waals surface area contributed by atoms with E-state index in [4.69, 9.17) is 23.2 Å². The Labute approximate surface area is 148 Å². The van der Waals surface area contributed by atoms with Crippen LogP contribution in [0, 0.1) is 0 Å². The van der Waals surface area contributed by atoms with Gasteiger partial charge in [-0.2, -0.15) is 0 Å². The lowest BCUT2D eigenvalue weighted by Crippen LogP contribution is -2.31. The summed E-state index contributed by atoms with van der Waals surface area (Å²) in [5.41, 5.74) is 0.504. The molecule has 2 aromatic rings. The molecule has 1 aliphatic carbocycles. The lowest BCUT2D eigenvalue weighted by molar-refractivity contribution is 0.0439. The Morgan fingerprint density at radius 2 is 2.09 bits per heavy atom.